The van der Waals surface area contributed by atoms with Crippen LogP contribution in [-0.4, -0.2) is 40.4 Å². The molecule has 7 heteroatoms. The molecule has 0 radical (unpaired) electrons. The number of hydrogen-bond donors (Lipinski definition) is 1. The summed E-state index contributed by atoms with van der Waals surface area (Å²) in [4.78, 5) is 28.5. The van der Waals surface area contributed by atoms with Gasteiger partial charge in [-0.05, 0) is 60.4 Å². The van der Waals surface area contributed by atoms with Crippen LogP contribution in [0.2, 0.25) is 0 Å². The summed E-state index contributed by atoms with van der Waals surface area (Å²) in [6.07, 6.45) is 5.27. The quantitative estimate of drug-likeness (QED) is 0.375. The van der Waals surface area contributed by atoms with E-state index in [2.05, 4.69) is 28.6 Å². The smallest absolute Gasteiger partial charge is 0.252 e. The summed E-state index contributed by atoms with van der Waals surface area (Å²) in [7, 11) is 0. The number of carbonyl (C=O) groups is 2. The Morgan fingerprint density at radius 1 is 0.943 bits per heavy atom. The van der Waals surface area contributed by atoms with Gasteiger partial charge in [0.2, 0.25) is 5.91 Å². The maximum Gasteiger partial charge on any atom is 0.252 e. The summed E-state index contributed by atoms with van der Waals surface area (Å²) in [5.74, 6) is 0.232. The number of aromatic nitrogens is 2. The fraction of sp³-hybridized carbons (Fsp3) is 0.179. The lowest BCUT2D eigenvalue weighted by Gasteiger charge is -2.17. The van der Waals surface area contributed by atoms with E-state index < -0.39 is 0 Å². The van der Waals surface area contributed by atoms with Crippen LogP contribution in [0.15, 0.2) is 96.2 Å². The van der Waals surface area contributed by atoms with E-state index in [-0.39, 0.29) is 11.8 Å². The molecule has 1 aliphatic heterocycles. The third kappa shape index (κ3) is 5.30. The van der Waals surface area contributed by atoms with Crippen molar-refractivity contribution in [2.75, 3.05) is 23.7 Å². The van der Waals surface area contributed by atoms with E-state index in [1.54, 1.807) is 6.20 Å². The molecule has 2 heterocycles. The van der Waals surface area contributed by atoms with Gasteiger partial charge in [0.05, 0.1) is 17.0 Å². The van der Waals surface area contributed by atoms with E-state index in [0.717, 1.165) is 34.7 Å². The van der Waals surface area contributed by atoms with E-state index in [1.807, 2.05) is 76.4 Å². The van der Waals surface area contributed by atoms with Crippen LogP contribution in [0.4, 0.5) is 5.69 Å². The van der Waals surface area contributed by atoms with Crippen molar-refractivity contribution in [1.82, 2.24) is 15.1 Å². The van der Waals surface area contributed by atoms with Crippen molar-refractivity contribution in [2.45, 2.75) is 17.7 Å². The van der Waals surface area contributed by atoms with E-state index in [9.17, 15) is 9.59 Å². The maximum atomic E-state index is 12.9. The molecule has 5 rings (SSSR count). The fourth-order valence-electron chi connectivity index (χ4n) is 4.25. The molecular formula is C28H26N4O2S. The molecule has 0 atom stereocenters. The SMILES string of the molecule is O=C(NCCc1ccc(-n2cccn2)cc1)c1ccccc1SCC(=O)N1CCc2ccccc21. The summed E-state index contributed by atoms with van der Waals surface area (Å²) in [5.41, 5.74) is 4.95. The Morgan fingerprint density at radius 2 is 1.74 bits per heavy atom. The van der Waals surface area contributed by atoms with Crippen molar-refractivity contribution in [3.63, 3.8) is 0 Å². The van der Waals surface area contributed by atoms with Gasteiger partial charge in [0.15, 0.2) is 0 Å². The number of para-hydroxylation sites is 1. The van der Waals surface area contributed by atoms with Crippen LogP contribution < -0.4 is 10.2 Å². The average molecular weight is 483 g/mol. The first-order valence-electron chi connectivity index (χ1n) is 11.7. The van der Waals surface area contributed by atoms with Crippen LogP contribution in [0, 0.1) is 0 Å². The first-order valence-corrected chi connectivity index (χ1v) is 12.6. The Hall–Kier alpha value is -3.84. The molecule has 6 nitrogen and oxygen atoms in total. The molecule has 0 bridgehead atoms. The lowest BCUT2D eigenvalue weighted by molar-refractivity contribution is -0.116. The molecule has 2 amide bonds. The van der Waals surface area contributed by atoms with Gasteiger partial charge >= 0.3 is 0 Å². The van der Waals surface area contributed by atoms with Crippen molar-refractivity contribution in [3.8, 4) is 5.69 Å². The molecule has 0 spiro atoms. The van der Waals surface area contributed by atoms with E-state index in [4.69, 9.17) is 0 Å². The Balaban J connectivity index is 1.15. The summed E-state index contributed by atoms with van der Waals surface area (Å²) in [6.45, 7) is 1.24. The first kappa shape index (κ1) is 22.9. The Morgan fingerprint density at radius 3 is 2.57 bits per heavy atom. The number of nitrogens with one attached hydrogen (secondary N) is 1. The zero-order valence-electron chi connectivity index (χ0n) is 19.3. The molecule has 176 valence electrons. The minimum atomic E-state index is -0.125. The third-order valence-electron chi connectivity index (χ3n) is 6.08. The lowest BCUT2D eigenvalue weighted by Crippen LogP contribution is -2.30. The zero-order valence-corrected chi connectivity index (χ0v) is 20.1. The highest BCUT2D eigenvalue weighted by atomic mass is 32.2. The molecule has 4 aromatic rings. The summed E-state index contributed by atoms with van der Waals surface area (Å²) >= 11 is 1.41. The van der Waals surface area contributed by atoms with Gasteiger partial charge in [-0.25, -0.2) is 4.68 Å². The summed E-state index contributed by atoms with van der Waals surface area (Å²) < 4.78 is 1.81. The lowest BCUT2D eigenvalue weighted by atomic mass is 10.1. The standard InChI is InChI=1S/C28H26N4O2S/c33-27(31-19-15-22-6-1-3-8-25(22)31)20-35-26-9-4-2-7-24(26)28(34)29-17-14-21-10-12-23(13-11-21)32-18-5-16-30-32/h1-13,16,18H,14-15,17,19-20H2,(H,29,34). The highest BCUT2D eigenvalue weighted by Crippen LogP contribution is 2.29. The zero-order chi connectivity index (χ0) is 24.0. The highest BCUT2D eigenvalue weighted by Gasteiger charge is 2.24. The average Bonchev–Trinajstić information content (AvgIpc) is 3.58. The maximum absolute atomic E-state index is 12.9. The number of fused-ring (bicyclic) bond motifs is 1. The highest BCUT2D eigenvalue weighted by molar-refractivity contribution is 8.00. The van der Waals surface area contributed by atoms with Crippen LogP contribution >= 0.6 is 11.8 Å². The Bertz CT molecular complexity index is 1320. The predicted molar refractivity (Wildman–Crippen MR) is 139 cm³/mol. The Kier molecular flexibility index (Phi) is 6.95. The number of carbonyl (C=O) groups excluding carboxylic acids is 2. The van der Waals surface area contributed by atoms with Crippen LogP contribution in [0.5, 0.6) is 0 Å². The number of hydrogen-bond acceptors (Lipinski definition) is 4. The molecule has 1 N–H and O–H groups in total. The van der Waals surface area contributed by atoms with Crippen molar-refractivity contribution in [2.24, 2.45) is 0 Å². The van der Waals surface area contributed by atoms with Crippen molar-refractivity contribution < 1.29 is 9.59 Å². The number of thioether (sulfide) groups is 1. The van der Waals surface area contributed by atoms with Gasteiger partial charge in [0.25, 0.3) is 5.91 Å². The number of benzene rings is 3. The minimum absolute atomic E-state index is 0.0636. The molecule has 0 saturated heterocycles. The normalized spacial score (nSPS) is 12.4. The second-order valence-electron chi connectivity index (χ2n) is 8.33. The molecule has 3 aromatic carbocycles. The first-order chi connectivity index (χ1) is 17.2. The van der Waals surface area contributed by atoms with Gasteiger partial charge in [-0.3, -0.25) is 9.59 Å². The molecule has 1 aliphatic rings. The van der Waals surface area contributed by atoms with E-state index >= 15 is 0 Å². The molecule has 1 aromatic heterocycles. The Labute approximate surface area is 209 Å². The van der Waals surface area contributed by atoms with Gasteiger partial charge < -0.3 is 10.2 Å². The minimum Gasteiger partial charge on any atom is -0.352 e. The predicted octanol–water partition coefficient (Wildman–Crippen LogP) is 4.53. The second kappa shape index (κ2) is 10.6. The molecule has 0 fully saturated rings. The number of nitrogens with zero attached hydrogens (tertiary/aromatic N) is 3. The van der Waals surface area contributed by atoms with Crippen molar-refractivity contribution in [3.05, 3.63) is 108 Å². The molecule has 35 heavy (non-hydrogen) atoms. The van der Waals surface area contributed by atoms with Gasteiger partial charge in [-0.2, -0.15) is 5.10 Å². The monoisotopic (exact) mass is 482 g/mol. The fourth-order valence-corrected chi connectivity index (χ4v) is 5.17. The van der Waals surface area contributed by atoms with Crippen LogP contribution in [0.1, 0.15) is 21.5 Å². The third-order valence-corrected chi connectivity index (χ3v) is 7.13. The molecule has 0 aliphatic carbocycles. The van der Waals surface area contributed by atoms with E-state index in [1.165, 1.54) is 17.3 Å². The largest absolute Gasteiger partial charge is 0.352 e. The van der Waals surface area contributed by atoms with Gasteiger partial charge in [-0.1, -0.05) is 42.5 Å². The van der Waals surface area contributed by atoms with Crippen molar-refractivity contribution >= 4 is 29.3 Å². The van der Waals surface area contributed by atoms with Crippen LogP contribution in [0.3, 0.4) is 0 Å². The topological polar surface area (TPSA) is 67.2 Å². The van der Waals surface area contributed by atoms with Crippen LogP contribution in [-0.2, 0) is 17.6 Å². The summed E-state index contributed by atoms with van der Waals surface area (Å²) in [6, 6.07) is 25.5. The molecule has 0 saturated carbocycles. The number of anilines is 1. The van der Waals surface area contributed by atoms with Gasteiger partial charge in [0, 0.05) is 36.1 Å². The molecular weight excluding hydrogens is 456 g/mol. The van der Waals surface area contributed by atoms with Gasteiger partial charge in [-0.15, -0.1) is 11.8 Å². The summed E-state index contributed by atoms with van der Waals surface area (Å²) in [5, 5.41) is 7.26. The molecule has 0 unspecified atom stereocenters. The second-order valence-corrected chi connectivity index (χ2v) is 9.35. The van der Waals surface area contributed by atoms with Crippen molar-refractivity contribution in [1.29, 1.82) is 0 Å². The number of amides is 2. The van der Waals surface area contributed by atoms with E-state index in [0.29, 0.717) is 24.4 Å². The number of rotatable bonds is 8. The van der Waals surface area contributed by atoms with Crippen LogP contribution in [0.25, 0.3) is 5.69 Å². The van der Waals surface area contributed by atoms with Gasteiger partial charge in [0.1, 0.15) is 0 Å².